The molecule has 0 saturated carbocycles. The monoisotopic (exact) mass is 699 g/mol. The molecule has 0 aromatic carbocycles. The van der Waals surface area contributed by atoms with Crippen LogP contribution < -0.4 is 21.5 Å². The number of ether oxygens (including phenoxy) is 4. The first-order chi connectivity index (χ1) is 21.9. The van der Waals surface area contributed by atoms with Gasteiger partial charge in [-0.15, -0.1) is 0 Å². The molecule has 5 nitrogen and oxygen atoms in total. The van der Waals surface area contributed by atoms with Crippen LogP contribution in [-0.2, 0) is 25.5 Å². The molecule has 0 aliphatic carbocycles. The van der Waals surface area contributed by atoms with Crippen LogP contribution in [-0.4, -0.2) is 45.9 Å². The van der Waals surface area contributed by atoms with E-state index < -0.39 is 0 Å². The number of pyridine rings is 1. The molecule has 0 aliphatic rings. The molecule has 1 atom stereocenters. The lowest BCUT2D eigenvalue weighted by Crippen LogP contribution is -3.00. The van der Waals surface area contributed by atoms with Crippen molar-refractivity contribution in [1.82, 2.24) is 0 Å². The number of hydrogen-bond donors (Lipinski definition) is 0. The van der Waals surface area contributed by atoms with E-state index in [-0.39, 0.29) is 23.1 Å². The van der Waals surface area contributed by atoms with Gasteiger partial charge in [0, 0.05) is 25.3 Å². The lowest BCUT2D eigenvalue weighted by atomic mass is 10.1. The van der Waals surface area contributed by atoms with Crippen LogP contribution in [0.15, 0.2) is 30.6 Å². The van der Waals surface area contributed by atoms with Crippen molar-refractivity contribution >= 4 is 0 Å². The number of aromatic nitrogens is 1. The van der Waals surface area contributed by atoms with Crippen LogP contribution in [0.1, 0.15) is 168 Å². The van der Waals surface area contributed by atoms with Gasteiger partial charge in [0.05, 0.1) is 13.2 Å². The van der Waals surface area contributed by atoms with E-state index in [9.17, 15) is 0 Å². The fourth-order valence-electron chi connectivity index (χ4n) is 5.65. The van der Waals surface area contributed by atoms with E-state index in [4.69, 9.17) is 18.9 Å². The zero-order valence-corrected chi connectivity index (χ0v) is 31.4. The van der Waals surface area contributed by atoms with Gasteiger partial charge in [0.1, 0.15) is 19.5 Å². The Balaban J connectivity index is 0.0000194. The maximum absolute atomic E-state index is 6.21. The van der Waals surface area contributed by atoms with E-state index >= 15 is 0 Å². The molecule has 1 rings (SSSR count). The third-order valence-electron chi connectivity index (χ3n) is 8.54. The topological polar surface area (TPSA) is 40.8 Å². The standard InChI is InChI=1S/C39H74NO4.BrH/c1-3-5-7-9-11-13-15-17-19-21-23-28-33-41-36-39(37-43-38-42-35-32-40-30-26-25-27-31-40)44-34-29-24-22-20-18-16-14-12-10-8-6-4-2;/h25-27,30-31,39H,3-24,28-29,32-38H2,1-2H3;1H/q+1;/p-1. The van der Waals surface area contributed by atoms with E-state index in [0.717, 1.165) is 32.6 Å². The molecule has 0 fully saturated rings. The van der Waals surface area contributed by atoms with Crippen molar-refractivity contribution in [2.24, 2.45) is 0 Å². The van der Waals surface area contributed by atoms with Gasteiger partial charge in [-0.05, 0) is 12.8 Å². The Morgan fingerprint density at radius 1 is 0.444 bits per heavy atom. The normalized spacial score (nSPS) is 12.0. The molecular formula is C39H74BrNO4. The summed E-state index contributed by atoms with van der Waals surface area (Å²) in [6.45, 7) is 9.07. The summed E-state index contributed by atoms with van der Waals surface area (Å²) in [5.41, 5.74) is 0. The lowest BCUT2D eigenvalue weighted by molar-refractivity contribution is -0.698. The van der Waals surface area contributed by atoms with Gasteiger partial charge in [-0.2, -0.15) is 0 Å². The molecule has 0 bridgehead atoms. The molecule has 1 aromatic rings. The Labute approximate surface area is 290 Å². The Morgan fingerprint density at radius 2 is 0.867 bits per heavy atom. The average Bonchev–Trinajstić information content (AvgIpc) is 3.05. The lowest BCUT2D eigenvalue weighted by Gasteiger charge is -2.18. The molecule has 6 heteroatoms. The third kappa shape index (κ3) is 33.2. The second-order valence-electron chi connectivity index (χ2n) is 12.9. The van der Waals surface area contributed by atoms with Crippen molar-refractivity contribution in [3.8, 4) is 0 Å². The van der Waals surface area contributed by atoms with Crippen LogP contribution in [0.3, 0.4) is 0 Å². The van der Waals surface area contributed by atoms with Gasteiger partial charge in [-0.3, -0.25) is 0 Å². The number of hydrogen-bond acceptors (Lipinski definition) is 4. The summed E-state index contributed by atoms with van der Waals surface area (Å²) in [4.78, 5) is 0. The fourth-order valence-corrected chi connectivity index (χ4v) is 5.65. The second kappa shape index (κ2) is 37.9. The molecule has 0 spiro atoms. The van der Waals surface area contributed by atoms with Crippen LogP contribution >= 0.6 is 0 Å². The van der Waals surface area contributed by atoms with Crippen molar-refractivity contribution < 1.29 is 40.5 Å². The van der Waals surface area contributed by atoms with E-state index in [1.54, 1.807) is 0 Å². The predicted molar refractivity (Wildman–Crippen MR) is 186 cm³/mol. The summed E-state index contributed by atoms with van der Waals surface area (Å²) >= 11 is 0. The van der Waals surface area contributed by atoms with Crippen LogP contribution in [0.2, 0.25) is 0 Å². The van der Waals surface area contributed by atoms with E-state index in [2.05, 4.69) is 30.8 Å². The summed E-state index contributed by atoms with van der Waals surface area (Å²) in [6, 6.07) is 6.09. The highest BCUT2D eigenvalue weighted by atomic mass is 79.9. The number of rotatable bonds is 36. The number of unbranched alkanes of at least 4 members (excludes halogenated alkanes) is 22. The third-order valence-corrected chi connectivity index (χ3v) is 8.54. The van der Waals surface area contributed by atoms with Gasteiger partial charge < -0.3 is 35.9 Å². The average molecular weight is 701 g/mol. The van der Waals surface area contributed by atoms with Crippen LogP contribution in [0.25, 0.3) is 0 Å². The van der Waals surface area contributed by atoms with Crippen LogP contribution in [0.4, 0.5) is 0 Å². The SMILES string of the molecule is CCCCCCCCCCCCCCOCC(COCOCC[n+]1ccccc1)OCCCCCCCCCCCCCC.[Br-]. The Bertz CT molecular complexity index is 666. The summed E-state index contributed by atoms with van der Waals surface area (Å²) in [6.07, 6.45) is 36.8. The van der Waals surface area contributed by atoms with Crippen LogP contribution in [0.5, 0.6) is 0 Å². The zero-order valence-electron chi connectivity index (χ0n) is 29.8. The molecule has 0 amide bonds. The Morgan fingerprint density at radius 3 is 1.36 bits per heavy atom. The summed E-state index contributed by atoms with van der Waals surface area (Å²) in [5, 5.41) is 0. The fraction of sp³-hybridized carbons (Fsp3) is 0.872. The zero-order chi connectivity index (χ0) is 31.4. The van der Waals surface area contributed by atoms with Gasteiger partial charge in [0.25, 0.3) is 0 Å². The van der Waals surface area contributed by atoms with Gasteiger partial charge in [-0.1, -0.05) is 161 Å². The van der Waals surface area contributed by atoms with Gasteiger partial charge >= 0.3 is 0 Å². The summed E-state index contributed by atoms with van der Waals surface area (Å²) in [7, 11) is 0. The molecule has 0 aliphatic heterocycles. The summed E-state index contributed by atoms with van der Waals surface area (Å²) in [5.74, 6) is 0. The first-order valence-corrected chi connectivity index (χ1v) is 19.2. The van der Waals surface area contributed by atoms with Crippen LogP contribution in [0, 0.1) is 0 Å². The highest BCUT2D eigenvalue weighted by Gasteiger charge is 2.10. The molecule has 0 N–H and O–H groups in total. The van der Waals surface area contributed by atoms with Crippen molar-refractivity contribution in [1.29, 1.82) is 0 Å². The maximum atomic E-state index is 6.21. The molecule has 45 heavy (non-hydrogen) atoms. The first kappa shape index (κ1) is 44.5. The van der Waals surface area contributed by atoms with Crippen molar-refractivity contribution in [2.45, 2.75) is 181 Å². The minimum Gasteiger partial charge on any atom is -1.00 e. The van der Waals surface area contributed by atoms with Gasteiger partial charge in [0.2, 0.25) is 0 Å². The molecular weight excluding hydrogens is 626 g/mol. The van der Waals surface area contributed by atoms with Gasteiger partial charge in [-0.25, -0.2) is 4.57 Å². The molecule has 266 valence electrons. The quantitative estimate of drug-likeness (QED) is 0.0408. The van der Waals surface area contributed by atoms with E-state index in [1.165, 1.54) is 141 Å². The van der Waals surface area contributed by atoms with E-state index in [1.807, 2.05) is 18.2 Å². The largest absolute Gasteiger partial charge is 1.00 e. The number of halogens is 1. The first-order valence-electron chi connectivity index (χ1n) is 19.2. The maximum Gasteiger partial charge on any atom is 0.171 e. The number of nitrogens with zero attached hydrogens (tertiary/aromatic N) is 1. The highest BCUT2D eigenvalue weighted by molar-refractivity contribution is 4.83. The highest BCUT2D eigenvalue weighted by Crippen LogP contribution is 2.13. The van der Waals surface area contributed by atoms with Gasteiger partial charge in [0.15, 0.2) is 18.9 Å². The van der Waals surface area contributed by atoms with Crippen molar-refractivity contribution in [3.63, 3.8) is 0 Å². The van der Waals surface area contributed by atoms with Crippen molar-refractivity contribution in [2.75, 3.05) is 39.8 Å². The second-order valence-corrected chi connectivity index (χ2v) is 12.9. The molecule has 1 heterocycles. The minimum absolute atomic E-state index is 0. The minimum atomic E-state index is -0.0212. The predicted octanol–water partition coefficient (Wildman–Crippen LogP) is 7.77. The van der Waals surface area contributed by atoms with Crippen molar-refractivity contribution in [3.05, 3.63) is 30.6 Å². The smallest absolute Gasteiger partial charge is 0.171 e. The molecule has 0 radical (unpaired) electrons. The molecule has 1 aromatic heterocycles. The molecule has 0 saturated heterocycles. The summed E-state index contributed by atoms with van der Waals surface area (Å²) < 4.78 is 25.9. The Kier molecular flexibility index (Phi) is 37.5. The Hall–Kier alpha value is -0.530. The van der Waals surface area contributed by atoms with E-state index in [0.29, 0.717) is 26.6 Å². The molecule has 1 unspecified atom stereocenters.